The minimum atomic E-state index is -0.917. The van der Waals surface area contributed by atoms with E-state index in [0.717, 1.165) is 5.56 Å². The standard InChI is InChI=1S/C18H18N2O4/c19-16(21)12-24-18(23)15(11-13-7-3-1-4-8-13)20-17(22)14-9-5-2-6-10-14/h1-10,15H,11-12H2,(H2,19,21)(H,20,22). The summed E-state index contributed by atoms with van der Waals surface area (Å²) in [5.74, 6) is -1.86. The van der Waals surface area contributed by atoms with Gasteiger partial charge in [-0.3, -0.25) is 9.59 Å². The molecule has 0 aliphatic heterocycles. The number of nitrogens with two attached hydrogens (primary N) is 1. The first-order chi connectivity index (χ1) is 11.6. The molecule has 1 atom stereocenters. The highest BCUT2D eigenvalue weighted by molar-refractivity contribution is 5.97. The van der Waals surface area contributed by atoms with E-state index in [1.54, 1.807) is 30.3 Å². The van der Waals surface area contributed by atoms with Gasteiger partial charge in [0.05, 0.1) is 0 Å². The number of benzene rings is 2. The molecular formula is C18H18N2O4. The van der Waals surface area contributed by atoms with Crippen LogP contribution in [0.2, 0.25) is 0 Å². The molecule has 2 aromatic carbocycles. The van der Waals surface area contributed by atoms with E-state index in [2.05, 4.69) is 5.32 Å². The summed E-state index contributed by atoms with van der Waals surface area (Å²) in [5.41, 5.74) is 6.26. The molecule has 0 aliphatic carbocycles. The van der Waals surface area contributed by atoms with Crippen LogP contribution in [0.5, 0.6) is 0 Å². The lowest BCUT2D eigenvalue weighted by molar-refractivity contribution is -0.149. The largest absolute Gasteiger partial charge is 0.454 e. The number of hydrogen-bond donors (Lipinski definition) is 2. The van der Waals surface area contributed by atoms with Gasteiger partial charge in [-0.25, -0.2) is 4.79 Å². The second-order valence-corrected chi connectivity index (χ2v) is 5.16. The van der Waals surface area contributed by atoms with Crippen LogP contribution in [-0.2, 0) is 20.7 Å². The number of carbonyl (C=O) groups excluding carboxylic acids is 3. The van der Waals surface area contributed by atoms with Gasteiger partial charge >= 0.3 is 5.97 Å². The highest BCUT2D eigenvalue weighted by atomic mass is 16.5. The second kappa shape index (κ2) is 8.47. The second-order valence-electron chi connectivity index (χ2n) is 5.16. The van der Waals surface area contributed by atoms with Crippen LogP contribution in [0.1, 0.15) is 15.9 Å². The van der Waals surface area contributed by atoms with Gasteiger partial charge < -0.3 is 15.8 Å². The number of nitrogens with one attached hydrogen (secondary N) is 1. The van der Waals surface area contributed by atoms with Crippen LogP contribution in [0.3, 0.4) is 0 Å². The Morgan fingerprint density at radius 1 is 0.958 bits per heavy atom. The van der Waals surface area contributed by atoms with Crippen molar-refractivity contribution in [2.45, 2.75) is 12.5 Å². The third kappa shape index (κ3) is 5.24. The van der Waals surface area contributed by atoms with Gasteiger partial charge in [-0.1, -0.05) is 48.5 Å². The minimum absolute atomic E-state index is 0.247. The van der Waals surface area contributed by atoms with Crippen molar-refractivity contribution in [1.82, 2.24) is 5.32 Å². The van der Waals surface area contributed by atoms with Crippen LogP contribution >= 0.6 is 0 Å². The summed E-state index contributed by atoms with van der Waals surface area (Å²) in [4.78, 5) is 35.2. The molecule has 2 amide bonds. The van der Waals surface area contributed by atoms with E-state index in [1.807, 2.05) is 30.3 Å². The van der Waals surface area contributed by atoms with E-state index in [0.29, 0.717) is 5.56 Å². The summed E-state index contributed by atoms with van der Waals surface area (Å²) in [6.45, 7) is -0.522. The van der Waals surface area contributed by atoms with Gasteiger partial charge in [-0.15, -0.1) is 0 Å². The lowest BCUT2D eigenvalue weighted by Gasteiger charge is -2.17. The smallest absolute Gasteiger partial charge is 0.329 e. The number of rotatable bonds is 7. The molecule has 6 nitrogen and oxygen atoms in total. The number of primary amides is 1. The Bertz CT molecular complexity index is 701. The fourth-order valence-electron chi connectivity index (χ4n) is 2.12. The van der Waals surface area contributed by atoms with Crippen LogP contribution in [-0.4, -0.2) is 30.4 Å². The number of hydrogen-bond acceptors (Lipinski definition) is 4. The van der Waals surface area contributed by atoms with E-state index in [4.69, 9.17) is 10.5 Å². The zero-order valence-corrected chi connectivity index (χ0v) is 13.0. The van der Waals surface area contributed by atoms with Crippen molar-refractivity contribution in [2.24, 2.45) is 5.73 Å². The Morgan fingerprint density at radius 2 is 1.54 bits per heavy atom. The third-order valence-corrected chi connectivity index (χ3v) is 3.27. The molecule has 0 fully saturated rings. The molecule has 0 bridgehead atoms. The van der Waals surface area contributed by atoms with Gasteiger partial charge in [0.15, 0.2) is 6.61 Å². The molecule has 124 valence electrons. The van der Waals surface area contributed by atoms with Crippen LogP contribution < -0.4 is 11.1 Å². The quantitative estimate of drug-likeness (QED) is 0.743. The Labute approximate surface area is 139 Å². The van der Waals surface area contributed by atoms with E-state index in [-0.39, 0.29) is 6.42 Å². The number of ether oxygens (including phenoxy) is 1. The average Bonchev–Trinajstić information content (AvgIpc) is 2.60. The van der Waals surface area contributed by atoms with Gasteiger partial charge in [-0.05, 0) is 17.7 Å². The number of esters is 1. The Morgan fingerprint density at radius 3 is 2.12 bits per heavy atom. The third-order valence-electron chi connectivity index (χ3n) is 3.27. The van der Waals surface area contributed by atoms with Crippen molar-refractivity contribution in [1.29, 1.82) is 0 Å². The fourth-order valence-corrected chi connectivity index (χ4v) is 2.12. The van der Waals surface area contributed by atoms with Gasteiger partial charge in [0.1, 0.15) is 6.04 Å². The van der Waals surface area contributed by atoms with Crippen molar-refractivity contribution in [3.05, 3.63) is 71.8 Å². The first kappa shape index (κ1) is 17.2. The first-order valence-corrected chi connectivity index (χ1v) is 7.41. The maximum atomic E-state index is 12.3. The molecule has 24 heavy (non-hydrogen) atoms. The lowest BCUT2D eigenvalue weighted by Crippen LogP contribution is -2.44. The molecule has 0 heterocycles. The molecule has 0 spiro atoms. The van der Waals surface area contributed by atoms with Crippen molar-refractivity contribution >= 4 is 17.8 Å². The molecule has 3 N–H and O–H groups in total. The van der Waals surface area contributed by atoms with Crippen LogP contribution in [0.4, 0.5) is 0 Å². The van der Waals surface area contributed by atoms with Crippen molar-refractivity contribution in [3.8, 4) is 0 Å². The molecule has 0 saturated heterocycles. The van der Waals surface area contributed by atoms with Gasteiger partial charge in [-0.2, -0.15) is 0 Å². The molecular weight excluding hydrogens is 308 g/mol. The summed E-state index contributed by atoms with van der Waals surface area (Å²) in [6, 6.07) is 16.8. The van der Waals surface area contributed by atoms with Gasteiger partial charge in [0.25, 0.3) is 11.8 Å². The summed E-state index contributed by atoms with van der Waals surface area (Å²) >= 11 is 0. The SMILES string of the molecule is NC(=O)COC(=O)C(Cc1ccccc1)NC(=O)c1ccccc1. The molecule has 2 aromatic rings. The number of amides is 2. The monoisotopic (exact) mass is 326 g/mol. The van der Waals surface area contributed by atoms with Gasteiger partial charge in [0.2, 0.25) is 0 Å². The molecule has 0 aromatic heterocycles. The zero-order chi connectivity index (χ0) is 17.4. The topological polar surface area (TPSA) is 98.5 Å². The van der Waals surface area contributed by atoms with Crippen LogP contribution in [0.25, 0.3) is 0 Å². The Balaban J connectivity index is 2.11. The van der Waals surface area contributed by atoms with Crippen LogP contribution in [0.15, 0.2) is 60.7 Å². The van der Waals surface area contributed by atoms with E-state index in [1.165, 1.54) is 0 Å². The zero-order valence-electron chi connectivity index (χ0n) is 13.0. The molecule has 0 aliphatic rings. The molecule has 6 heteroatoms. The maximum absolute atomic E-state index is 12.3. The normalized spacial score (nSPS) is 11.3. The molecule has 1 unspecified atom stereocenters. The molecule has 0 saturated carbocycles. The highest BCUT2D eigenvalue weighted by Gasteiger charge is 2.23. The van der Waals surface area contributed by atoms with Gasteiger partial charge in [0, 0.05) is 12.0 Å². The van der Waals surface area contributed by atoms with Crippen LogP contribution in [0, 0.1) is 0 Å². The van der Waals surface area contributed by atoms with E-state index in [9.17, 15) is 14.4 Å². The van der Waals surface area contributed by atoms with E-state index < -0.39 is 30.4 Å². The molecule has 0 radical (unpaired) electrons. The highest BCUT2D eigenvalue weighted by Crippen LogP contribution is 2.07. The summed E-state index contributed by atoms with van der Waals surface area (Å²) in [6.07, 6.45) is 0.247. The Kier molecular flexibility index (Phi) is 6.08. The van der Waals surface area contributed by atoms with E-state index >= 15 is 0 Å². The van der Waals surface area contributed by atoms with Crippen molar-refractivity contribution in [3.63, 3.8) is 0 Å². The minimum Gasteiger partial charge on any atom is -0.454 e. The lowest BCUT2D eigenvalue weighted by atomic mass is 10.1. The first-order valence-electron chi connectivity index (χ1n) is 7.41. The Hall–Kier alpha value is -3.15. The predicted molar refractivity (Wildman–Crippen MR) is 88.0 cm³/mol. The summed E-state index contributed by atoms with van der Waals surface area (Å²) in [5, 5.41) is 2.64. The summed E-state index contributed by atoms with van der Waals surface area (Å²) in [7, 11) is 0. The van der Waals surface area contributed by atoms with Crippen molar-refractivity contribution in [2.75, 3.05) is 6.61 Å². The average molecular weight is 326 g/mol. The summed E-state index contributed by atoms with van der Waals surface area (Å²) < 4.78 is 4.85. The number of carbonyl (C=O) groups is 3. The molecule has 2 rings (SSSR count). The van der Waals surface area contributed by atoms with Crippen molar-refractivity contribution < 1.29 is 19.1 Å². The fraction of sp³-hybridized carbons (Fsp3) is 0.167. The maximum Gasteiger partial charge on any atom is 0.329 e. The predicted octanol–water partition coefficient (Wildman–Crippen LogP) is 1.06.